The van der Waals surface area contributed by atoms with Crippen LogP contribution in [0, 0.1) is 6.92 Å². The maximum Gasteiger partial charge on any atom is 0.267 e. The Hall–Kier alpha value is -1.81. The van der Waals surface area contributed by atoms with Gasteiger partial charge in [-0.25, -0.2) is 5.48 Å². The second-order valence-electron chi connectivity index (χ2n) is 4.04. The Morgan fingerprint density at radius 3 is 2.89 bits per heavy atom. The molecular formula is C14H19NO3. The number of rotatable bonds is 6. The molecule has 0 heterocycles. The van der Waals surface area contributed by atoms with Crippen molar-refractivity contribution in [2.45, 2.75) is 26.7 Å². The number of aryl methyl sites for hydroxylation is 1. The molecular weight excluding hydrogens is 230 g/mol. The molecule has 1 rings (SSSR count). The van der Waals surface area contributed by atoms with Gasteiger partial charge < -0.3 is 4.74 Å². The zero-order chi connectivity index (χ0) is 13.4. The molecule has 0 aliphatic rings. The second kappa shape index (κ2) is 7.50. The van der Waals surface area contributed by atoms with Gasteiger partial charge in [-0.05, 0) is 42.7 Å². The van der Waals surface area contributed by atoms with Crippen molar-refractivity contribution >= 4 is 12.0 Å². The molecule has 0 fully saturated rings. The van der Waals surface area contributed by atoms with E-state index in [4.69, 9.17) is 9.94 Å². The molecule has 2 N–H and O–H groups in total. The van der Waals surface area contributed by atoms with Crippen LogP contribution in [0.15, 0.2) is 24.3 Å². The summed E-state index contributed by atoms with van der Waals surface area (Å²) in [6.45, 7) is 4.81. The number of carbonyl (C=O) groups is 1. The molecule has 0 saturated heterocycles. The fourth-order valence-electron chi connectivity index (χ4n) is 1.47. The quantitative estimate of drug-likeness (QED) is 0.353. The van der Waals surface area contributed by atoms with Crippen molar-refractivity contribution in [1.29, 1.82) is 0 Å². The molecule has 0 atom stereocenters. The third-order valence-corrected chi connectivity index (χ3v) is 2.49. The monoisotopic (exact) mass is 249 g/mol. The summed E-state index contributed by atoms with van der Waals surface area (Å²) in [5, 5.41) is 8.36. The zero-order valence-corrected chi connectivity index (χ0v) is 10.8. The van der Waals surface area contributed by atoms with Crippen LogP contribution in [-0.4, -0.2) is 17.7 Å². The highest BCUT2D eigenvalue weighted by atomic mass is 16.5. The number of hydrogen-bond donors (Lipinski definition) is 2. The number of ether oxygens (including phenoxy) is 1. The van der Waals surface area contributed by atoms with Gasteiger partial charge in [-0.15, -0.1) is 0 Å². The minimum Gasteiger partial charge on any atom is -0.493 e. The molecule has 0 aliphatic carbocycles. The van der Waals surface area contributed by atoms with Gasteiger partial charge in [0.15, 0.2) is 0 Å². The van der Waals surface area contributed by atoms with Crippen molar-refractivity contribution in [2.24, 2.45) is 0 Å². The van der Waals surface area contributed by atoms with E-state index >= 15 is 0 Å². The summed E-state index contributed by atoms with van der Waals surface area (Å²) in [7, 11) is 0. The van der Waals surface area contributed by atoms with Crippen LogP contribution in [0.2, 0.25) is 0 Å². The van der Waals surface area contributed by atoms with E-state index in [9.17, 15) is 4.79 Å². The summed E-state index contributed by atoms with van der Waals surface area (Å²) in [5.41, 5.74) is 3.46. The largest absolute Gasteiger partial charge is 0.493 e. The third-order valence-electron chi connectivity index (χ3n) is 2.49. The minimum atomic E-state index is -0.545. The van der Waals surface area contributed by atoms with Crippen molar-refractivity contribution in [3.05, 3.63) is 35.4 Å². The van der Waals surface area contributed by atoms with Gasteiger partial charge in [-0.2, -0.15) is 0 Å². The van der Waals surface area contributed by atoms with Gasteiger partial charge in [0.25, 0.3) is 5.91 Å². The van der Waals surface area contributed by atoms with E-state index in [0.29, 0.717) is 0 Å². The Labute approximate surface area is 107 Å². The summed E-state index contributed by atoms with van der Waals surface area (Å²) in [5.74, 6) is 0.322. The van der Waals surface area contributed by atoms with Crippen molar-refractivity contribution in [3.8, 4) is 5.75 Å². The number of nitrogens with one attached hydrogen (secondary N) is 1. The lowest BCUT2D eigenvalue weighted by Gasteiger charge is -2.09. The van der Waals surface area contributed by atoms with Crippen molar-refractivity contribution in [3.63, 3.8) is 0 Å². The Morgan fingerprint density at radius 2 is 2.28 bits per heavy atom. The number of unbranched alkanes of at least 4 members (excludes halogenated alkanes) is 1. The molecule has 0 bridgehead atoms. The highest BCUT2D eigenvalue weighted by Gasteiger charge is 2.00. The minimum absolute atomic E-state index is 0.545. The van der Waals surface area contributed by atoms with Crippen LogP contribution in [0.3, 0.4) is 0 Å². The van der Waals surface area contributed by atoms with Crippen LogP contribution < -0.4 is 10.2 Å². The van der Waals surface area contributed by atoms with E-state index in [1.807, 2.05) is 25.1 Å². The van der Waals surface area contributed by atoms with Crippen LogP contribution in [0.1, 0.15) is 30.9 Å². The predicted octanol–water partition coefficient (Wildman–Crippen LogP) is 2.69. The maximum absolute atomic E-state index is 10.8. The van der Waals surface area contributed by atoms with E-state index in [-0.39, 0.29) is 0 Å². The molecule has 4 heteroatoms. The molecule has 1 aromatic carbocycles. The van der Waals surface area contributed by atoms with Gasteiger partial charge in [0.05, 0.1) is 6.61 Å². The summed E-state index contributed by atoms with van der Waals surface area (Å²) in [6, 6.07) is 5.69. The molecule has 0 aliphatic heterocycles. The van der Waals surface area contributed by atoms with Crippen molar-refractivity contribution in [1.82, 2.24) is 5.48 Å². The van der Waals surface area contributed by atoms with Gasteiger partial charge in [-0.1, -0.05) is 19.4 Å². The van der Waals surface area contributed by atoms with Crippen LogP contribution in [0.4, 0.5) is 0 Å². The molecule has 0 radical (unpaired) electrons. The SMILES string of the molecule is CCCCOc1ccc(/C=C/C(=O)NO)cc1C. The fraction of sp³-hybridized carbons (Fsp3) is 0.357. The van der Waals surface area contributed by atoms with E-state index in [1.165, 1.54) is 6.08 Å². The Balaban J connectivity index is 2.67. The first-order chi connectivity index (χ1) is 8.67. The molecule has 0 unspecified atom stereocenters. The first-order valence-corrected chi connectivity index (χ1v) is 6.03. The topological polar surface area (TPSA) is 58.6 Å². The number of amides is 1. The van der Waals surface area contributed by atoms with Gasteiger partial charge in [0.1, 0.15) is 5.75 Å². The van der Waals surface area contributed by atoms with Gasteiger partial charge in [0.2, 0.25) is 0 Å². The summed E-state index contributed by atoms with van der Waals surface area (Å²) < 4.78 is 5.64. The Morgan fingerprint density at radius 1 is 1.50 bits per heavy atom. The van der Waals surface area contributed by atoms with Gasteiger partial charge in [-0.3, -0.25) is 10.0 Å². The third kappa shape index (κ3) is 4.59. The summed E-state index contributed by atoms with van der Waals surface area (Å²) in [4.78, 5) is 10.8. The number of carbonyl (C=O) groups excluding carboxylic acids is 1. The van der Waals surface area contributed by atoms with Crippen LogP contribution >= 0.6 is 0 Å². The lowest BCUT2D eigenvalue weighted by molar-refractivity contribution is -0.124. The van der Waals surface area contributed by atoms with E-state index in [0.717, 1.165) is 36.3 Å². The molecule has 0 aromatic heterocycles. The lowest BCUT2D eigenvalue weighted by Crippen LogP contribution is -2.14. The van der Waals surface area contributed by atoms with Gasteiger partial charge in [0, 0.05) is 6.08 Å². The molecule has 0 saturated carbocycles. The molecule has 98 valence electrons. The van der Waals surface area contributed by atoms with Crippen LogP contribution in [-0.2, 0) is 4.79 Å². The number of benzene rings is 1. The fourth-order valence-corrected chi connectivity index (χ4v) is 1.47. The van der Waals surface area contributed by atoms with Crippen LogP contribution in [0.25, 0.3) is 6.08 Å². The Bertz CT molecular complexity index is 427. The predicted molar refractivity (Wildman–Crippen MR) is 70.5 cm³/mol. The summed E-state index contributed by atoms with van der Waals surface area (Å²) >= 11 is 0. The number of hydrogen-bond acceptors (Lipinski definition) is 3. The van der Waals surface area contributed by atoms with Crippen molar-refractivity contribution < 1.29 is 14.7 Å². The molecule has 4 nitrogen and oxygen atoms in total. The van der Waals surface area contributed by atoms with Gasteiger partial charge >= 0.3 is 0 Å². The first-order valence-electron chi connectivity index (χ1n) is 6.03. The average Bonchev–Trinajstić information content (AvgIpc) is 2.38. The molecule has 18 heavy (non-hydrogen) atoms. The average molecular weight is 249 g/mol. The van der Waals surface area contributed by atoms with Crippen molar-refractivity contribution in [2.75, 3.05) is 6.61 Å². The zero-order valence-electron chi connectivity index (χ0n) is 10.8. The normalized spacial score (nSPS) is 10.6. The second-order valence-corrected chi connectivity index (χ2v) is 4.04. The standard InChI is InChI=1S/C14H19NO3/c1-3-4-9-18-13-7-5-12(10-11(13)2)6-8-14(16)15-17/h5-8,10,17H,3-4,9H2,1-2H3,(H,15,16)/b8-6+. The highest BCUT2D eigenvalue weighted by Crippen LogP contribution is 2.20. The molecule has 1 aromatic rings. The molecule has 1 amide bonds. The highest BCUT2D eigenvalue weighted by molar-refractivity contribution is 5.90. The van der Waals surface area contributed by atoms with E-state index < -0.39 is 5.91 Å². The maximum atomic E-state index is 10.8. The smallest absolute Gasteiger partial charge is 0.267 e. The van der Waals surface area contributed by atoms with E-state index in [1.54, 1.807) is 11.6 Å². The first kappa shape index (κ1) is 14.3. The van der Waals surface area contributed by atoms with Crippen LogP contribution in [0.5, 0.6) is 5.75 Å². The number of hydroxylamine groups is 1. The Kier molecular flexibility index (Phi) is 5.94. The molecule has 0 spiro atoms. The summed E-state index contributed by atoms with van der Waals surface area (Å²) in [6.07, 6.45) is 5.05. The lowest BCUT2D eigenvalue weighted by atomic mass is 10.1. The van der Waals surface area contributed by atoms with E-state index in [2.05, 4.69) is 6.92 Å².